The van der Waals surface area contributed by atoms with Crippen molar-refractivity contribution in [2.75, 3.05) is 13.1 Å². The van der Waals surface area contributed by atoms with Crippen molar-refractivity contribution in [1.82, 2.24) is 20.4 Å². The van der Waals surface area contributed by atoms with Crippen LogP contribution in [0.3, 0.4) is 0 Å². The van der Waals surface area contributed by atoms with Crippen molar-refractivity contribution < 1.29 is 14.5 Å². The summed E-state index contributed by atoms with van der Waals surface area (Å²) in [5, 5.41) is 20.1. The van der Waals surface area contributed by atoms with E-state index < -0.39 is 10.8 Å². The Balaban J connectivity index is 1.74. The number of carbonyl (C=O) groups is 2. The van der Waals surface area contributed by atoms with E-state index in [1.807, 2.05) is 12.3 Å². The minimum absolute atomic E-state index is 0.129. The molecule has 0 atom stereocenters. The van der Waals surface area contributed by atoms with Crippen molar-refractivity contribution in [3.05, 3.63) is 57.9 Å². The highest BCUT2D eigenvalue weighted by atomic mass is 16.6. The van der Waals surface area contributed by atoms with Gasteiger partial charge in [-0.05, 0) is 25.5 Å². The van der Waals surface area contributed by atoms with E-state index in [4.69, 9.17) is 0 Å². The Hall–Kier alpha value is -3.23. The summed E-state index contributed by atoms with van der Waals surface area (Å²) in [5.41, 5.74) is 0.482. The lowest BCUT2D eigenvalue weighted by Crippen LogP contribution is -2.37. The van der Waals surface area contributed by atoms with Gasteiger partial charge in [0.25, 0.3) is 11.6 Å². The molecule has 0 radical (unpaired) electrons. The van der Waals surface area contributed by atoms with Crippen molar-refractivity contribution in [3.8, 4) is 0 Å². The summed E-state index contributed by atoms with van der Waals surface area (Å²) in [4.78, 5) is 34.1. The Morgan fingerprint density at radius 2 is 2.12 bits per heavy atom. The van der Waals surface area contributed by atoms with E-state index in [9.17, 15) is 19.7 Å². The van der Waals surface area contributed by atoms with Crippen LogP contribution in [-0.2, 0) is 11.3 Å². The van der Waals surface area contributed by atoms with Gasteiger partial charge in [0.1, 0.15) is 0 Å². The van der Waals surface area contributed by atoms with Crippen LogP contribution in [0.4, 0.5) is 5.69 Å². The highest BCUT2D eigenvalue weighted by Crippen LogP contribution is 2.19. The number of hydrogen-bond acceptors (Lipinski definition) is 5. The lowest BCUT2D eigenvalue weighted by molar-refractivity contribution is -0.385. The molecule has 0 spiro atoms. The highest BCUT2D eigenvalue weighted by molar-refractivity contribution is 5.97. The Bertz CT molecular complexity index is 758. The first-order chi connectivity index (χ1) is 12.0. The first-order valence-electron chi connectivity index (χ1n) is 7.74. The zero-order valence-corrected chi connectivity index (χ0v) is 13.8. The molecule has 25 heavy (non-hydrogen) atoms. The highest BCUT2D eigenvalue weighted by Gasteiger charge is 2.15. The monoisotopic (exact) mass is 345 g/mol. The number of rotatable bonds is 8. The number of nitro groups is 1. The van der Waals surface area contributed by atoms with Gasteiger partial charge in [0.2, 0.25) is 5.91 Å². The van der Waals surface area contributed by atoms with E-state index in [0.29, 0.717) is 25.1 Å². The zero-order chi connectivity index (χ0) is 18.2. The fraction of sp³-hybridized carbons (Fsp3) is 0.312. The SMILES string of the molecule is Cc1ccc(C(=O)NCC(=O)NCCCn2cccn2)cc1[N+](=O)[O-]. The van der Waals surface area contributed by atoms with E-state index in [-0.39, 0.29) is 23.7 Å². The number of nitro benzene ring substituents is 1. The van der Waals surface area contributed by atoms with Crippen LogP contribution in [0.5, 0.6) is 0 Å². The predicted octanol–water partition coefficient (Wildman–Crippen LogP) is 1.04. The van der Waals surface area contributed by atoms with Gasteiger partial charge < -0.3 is 10.6 Å². The van der Waals surface area contributed by atoms with Crippen LogP contribution in [0.2, 0.25) is 0 Å². The molecule has 132 valence electrons. The first kappa shape index (κ1) is 18.1. The minimum Gasteiger partial charge on any atom is -0.355 e. The molecule has 2 rings (SSSR count). The quantitative estimate of drug-likeness (QED) is 0.421. The third-order valence-corrected chi connectivity index (χ3v) is 3.52. The summed E-state index contributed by atoms with van der Waals surface area (Å²) >= 11 is 0. The van der Waals surface area contributed by atoms with E-state index in [1.54, 1.807) is 17.8 Å². The molecular formula is C16H19N5O4. The second-order valence-corrected chi connectivity index (χ2v) is 5.41. The summed E-state index contributed by atoms with van der Waals surface area (Å²) in [7, 11) is 0. The van der Waals surface area contributed by atoms with Crippen LogP contribution >= 0.6 is 0 Å². The molecule has 2 amide bonds. The predicted molar refractivity (Wildman–Crippen MR) is 90.0 cm³/mol. The van der Waals surface area contributed by atoms with Gasteiger partial charge in [-0.1, -0.05) is 6.07 Å². The number of nitrogens with zero attached hydrogens (tertiary/aromatic N) is 3. The molecule has 0 aliphatic carbocycles. The van der Waals surface area contributed by atoms with E-state index >= 15 is 0 Å². The molecule has 0 bridgehead atoms. The summed E-state index contributed by atoms with van der Waals surface area (Å²) in [6.07, 6.45) is 4.23. The maximum absolute atomic E-state index is 12.0. The number of nitrogens with one attached hydrogen (secondary N) is 2. The van der Waals surface area contributed by atoms with Gasteiger partial charge in [-0.25, -0.2) is 0 Å². The standard InChI is InChI=1S/C16H19N5O4/c1-12-4-5-13(10-14(12)21(24)25)16(23)18-11-15(22)17-6-2-8-20-9-3-7-19-20/h3-5,7,9-10H,2,6,8,11H2,1H3,(H,17,22)(H,18,23). The van der Waals surface area contributed by atoms with Crippen LogP contribution in [-0.4, -0.2) is 39.6 Å². The van der Waals surface area contributed by atoms with Gasteiger partial charge in [-0.15, -0.1) is 0 Å². The molecule has 1 aromatic heterocycles. The van der Waals surface area contributed by atoms with Gasteiger partial charge in [-0.2, -0.15) is 5.10 Å². The summed E-state index contributed by atoms with van der Waals surface area (Å²) in [5.74, 6) is -0.856. The normalized spacial score (nSPS) is 10.3. The topological polar surface area (TPSA) is 119 Å². The molecule has 0 aliphatic rings. The van der Waals surface area contributed by atoms with Gasteiger partial charge in [0.15, 0.2) is 0 Å². The summed E-state index contributed by atoms with van der Waals surface area (Å²) in [6.45, 7) is 2.55. The number of carbonyl (C=O) groups excluding carboxylic acids is 2. The molecule has 0 fully saturated rings. The number of aromatic nitrogens is 2. The molecule has 2 N–H and O–H groups in total. The van der Waals surface area contributed by atoms with Crippen molar-refractivity contribution in [3.63, 3.8) is 0 Å². The van der Waals surface area contributed by atoms with Crippen LogP contribution in [0.15, 0.2) is 36.7 Å². The molecule has 1 heterocycles. The van der Waals surface area contributed by atoms with Crippen LogP contribution in [0.25, 0.3) is 0 Å². The first-order valence-corrected chi connectivity index (χ1v) is 7.74. The van der Waals surface area contributed by atoms with Gasteiger partial charge in [-0.3, -0.25) is 24.4 Å². The third kappa shape index (κ3) is 5.41. The number of benzene rings is 1. The fourth-order valence-corrected chi connectivity index (χ4v) is 2.17. The van der Waals surface area contributed by atoms with Crippen molar-refractivity contribution in [2.24, 2.45) is 0 Å². The number of aryl methyl sites for hydroxylation is 2. The maximum Gasteiger partial charge on any atom is 0.273 e. The van der Waals surface area contributed by atoms with Gasteiger partial charge in [0.05, 0.1) is 11.5 Å². The number of hydrogen-bond donors (Lipinski definition) is 2. The van der Waals surface area contributed by atoms with Crippen molar-refractivity contribution >= 4 is 17.5 Å². The van der Waals surface area contributed by atoms with Crippen LogP contribution < -0.4 is 10.6 Å². The lowest BCUT2D eigenvalue weighted by Gasteiger charge is -2.07. The van der Waals surface area contributed by atoms with Gasteiger partial charge >= 0.3 is 0 Å². The Labute approximate surface area is 144 Å². The Morgan fingerprint density at radius 1 is 1.32 bits per heavy atom. The number of amides is 2. The molecule has 0 saturated heterocycles. The second-order valence-electron chi connectivity index (χ2n) is 5.41. The van der Waals surface area contributed by atoms with Crippen LogP contribution in [0.1, 0.15) is 22.3 Å². The molecular weight excluding hydrogens is 326 g/mol. The Morgan fingerprint density at radius 3 is 2.80 bits per heavy atom. The summed E-state index contributed by atoms with van der Waals surface area (Å²) in [6, 6.07) is 6.01. The lowest BCUT2D eigenvalue weighted by atomic mass is 10.1. The Kier molecular flexibility index (Phi) is 6.21. The second kappa shape index (κ2) is 8.57. The van der Waals surface area contributed by atoms with E-state index in [2.05, 4.69) is 15.7 Å². The fourth-order valence-electron chi connectivity index (χ4n) is 2.17. The summed E-state index contributed by atoms with van der Waals surface area (Å²) < 4.78 is 1.76. The molecule has 9 nitrogen and oxygen atoms in total. The largest absolute Gasteiger partial charge is 0.355 e. The molecule has 1 aromatic carbocycles. The minimum atomic E-state index is -0.543. The zero-order valence-electron chi connectivity index (χ0n) is 13.8. The third-order valence-electron chi connectivity index (χ3n) is 3.52. The van der Waals surface area contributed by atoms with Crippen molar-refractivity contribution in [1.29, 1.82) is 0 Å². The molecule has 0 saturated carbocycles. The molecule has 0 unspecified atom stereocenters. The molecule has 9 heteroatoms. The average molecular weight is 345 g/mol. The molecule has 0 aliphatic heterocycles. The smallest absolute Gasteiger partial charge is 0.273 e. The maximum atomic E-state index is 12.0. The van der Waals surface area contributed by atoms with Gasteiger partial charge in [0, 0.05) is 42.7 Å². The molecule has 2 aromatic rings. The van der Waals surface area contributed by atoms with E-state index in [1.165, 1.54) is 18.2 Å². The van der Waals surface area contributed by atoms with E-state index in [0.717, 1.165) is 0 Å². The van der Waals surface area contributed by atoms with Crippen molar-refractivity contribution in [2.45, 2.75) is 19.9 Å². The van der Waals surface area contributed by atoms with Crippen LogP contribution in [0, 0.1) is 17.0 Å². The average Bonchev–Trinajstić information content (AvgIpc) is 3.10.